The van der Waals surface area contributed by atoms with E-state index >= 15 is 0 Å². The second kappa shape index (κ2) is 9.14. The topological polar surface area (TPSA) is 69.9 Å². The molecule has 0 aliphatic rings. The van der Waals surface area contributed by atoms with Crippen LogP contribution in [0.2, 0.25) is 0 Å². The molecule has 1 amide bonds. The van der Waals surface area contributed by atoms with E-state index in [2.05, 4.69) is 5.32 Å². The van der Waals surface area contributed by atoms with Crippen molar-refractivity contribution in [3.8, 4) is 17.2 Å². The fourth-order valence-electron chi connectivity index (χ4n) is 3.07. The van der Waals surface area contributed by atoms with Gasteiger partial charge in [-0.3, -0.25) is 4.79 Å². The van der Waals surface area contributed by atoms with Crippen LogP contribution in [0.15, 0.2) is 59.2 Å². The van der Waals surface area contributed by atoms with Crippen LogP contribution in [0.25, 0.3) is 0 Å². The van der Waals surface area contributed by atoms with Crippen molar-refractivity contribution in [2.75, 3.05) is 26.6 Å². The van der Waals surface area contributed by atoms with Gasteiger partial charge in [-0.05, 0) is 29.8 Å². The van der Waals surface area contributed by atoms with Gasteiger partial charge in [0.25, 0.3) is 0 Å². The van der Waals surface area contributed by atoms with E-state index in [1.807, 2.05) is 0 Å². The Morgan fingerprint density at radius 1 is 1.03 bits per heavy atom. The molecule has 0 saturated heterocycles. The molecule has 1 N–H and O–H groups in total. The molecule has 1 heterocycles. The van der Waals surface area contributed by atoms with Crippen LogP contribution in [-0.2, 0) is 11.2 Å². The summed E-state index contributed by atoms with van der Waals surface area (Å²) in [6.07, 6.45) is 1.88. The molecule has 3 rings (SSSR count). The highest BCUT2D eigenvalue weighted by molar-refractivity contribution is 5.96. The number of carbonyl (C=O) groups is 1. The molecule has 0 fully saturated rings. The van der Waals surface area contributed by atoms with Gasteiger partial charge in [0.2, 0.25) is 11.7 Å². The smallest absolute Gasteiger partial charge is 0.232 e. The van der Waals surface area contributed by atoms with Gasteiger partial charge in [-0.2, -0.15) is 0 Å². The number of carbonyl (C=O) groups excluding carboxylic acids is 1. The quantitative estimate of drug-likeness (QED) is 0.608. The molecule has 0 radical (unpaired) electrons. The van der Waals surface area contributed by atoms with E-state index in [-0.39, 0.29) is 11.7 Å². The van der Waals surface area contributed by atoms with Crippen LogP contribution in [0, 0.1) is 5.82 Å². The van der Waals surface area contributed by atoms with Gasteiger partial charge in [0.1, 0.15) is 11.6 Å². The zero-order valence-corrected chi connectivity index (χ0v) is 16.4. The van der Waals surface area contributed by atoms with Gasteiger partial charge >= 0.3 is 0 Å². The SMILES string of the molecule is COc1cc(NC(=O)C(Cc2ccco2)c2ccc(F)cc2)cc(OC)c1OC. The first-order valence-corrected chi connectivity index (χ1v) is 8.94. The number of benzene rings is 2. The van der Waals surface area contributed by atoms with E-state index in [0.717, 1.165) is 0 Å². The van der Waals surface area contributed by atoms with E-state index in [4.69, 9.17) is 18.6 Å². The van der Waals surface area contributed by atoms with Crippen LogP contribution in [0.3, 0.4) is 0 Å². The van der Waals surface area contributed by atoms with Crippen molar-refractivity contribution < 1.29 is 27.8 Å². The molecular weight excluding hydrogens is 377 g/mol. The predicted molar refractivity (Wildman–Crippen MR) is 106 cm³/mol. The lowest BCUT2D eigenvalue weighted by molar-refractivity contribution is -0.117. The summed E-state index contributed by atoms with van der Waals surface area (Å²) in [6, 6.07) is 12.7. The highest BCUT2D eigenvalue weighted by Gasteiger charge is 2.24. The standard InChI is InChI=1S/C22H22FNO5/c1-26-19-11-16(12-20(27-2)21(19)28-3)24-22(25)18(13-17-5-4-10-29-17)14-6-8-15(23)9-7-14/h4-12,18H,13H2,1-3H3,(H,24,25). The van der Waals surface area contributed by atoms with Crippen molar-refractivity contribution in [1.29, 1.82) is 0 Å². The fourth-order valence-corrected chi connectivity index (χ4v) is 3.07. The normalized spacial score (nSPS) is 11.6. The molecule has 1 unspecified atom stereocenters. The number of hydrogen-bond acceptors (Lipinski definition) is 5. The summed E-state index contributed by atoms with van der Waals surface area (Å²) in [6.45, 7) is 0. The van der Waals surface area contributed by atoms with E-state index in [0.29, 0.717) is 40.7 Å². The highest BCUT2D eigenvalue weighted by Crippen LogP contribution is 2.40. The van der Waals surface area contributed by atoms with Gasteiger partial charge in [0.15, 0.2) is 11.5 Å². The van der Waals surface area contributed by atoms with Gasteiger partial charge in [-0.1, -0.05) is 12.1 Å². The zero-order valence-electron chi connectivity index (χ0n) is 16.4. The lowest BCUT2D eigenvalue weighted by Crippen LogP contribution is -2.23. The largest absolute Gasteiger partial charge is 0.493 e. The number of anilines is 1. The Bertz CT molecular complexity index is 929. The summed E-state index contributed by atoms with van der Waals surface area (Å²) in [5.74, 6) is 0.703. The Labute approximate surface area is 168 Å². The van der Waals surface area contributed by atoms with Crippen LogP contribution < -0.4 is 19.5 Å². The monoisotopic (exact) mass is 399 g/mol. The summed E-state index contributed by atoms with van der Waals surface area (Å²) in [5, 5.41) is 2.88. The van der Waals surface area contributed by atoms with Crippen LogP contribution in [0.1, 0.15) is 17.2 Å². The molecule has 1 aromatic heterocycles. The summed E-state index contributed by atoms with van der Waals surface area (Å²) in [4.78, 5) is 13.1. The number of hydrogen-bond donors (Lipinski definition) is 1. The molecule has 6 nitrogen and oxygen atoms in total. The molecule has 1 atom stereocenters. The number of nitrogens with one attached hydrogen (secondary N) is 1. The van der Waals surface area contributed by atoms with Crippen LogP contribution in [0.5, 0.6) is 17.2 Å². The molecule has 7 heteroatoms. The van der Waals surface area contributed by atoms with Gasteiger partial charge in [-0.15, -0.1) is 0 Å². The van der Waals surface area contributed by atoms with Crippen molar-refractivity contribution in [2.45, 2.75) is 12.3 Å². The van der Waals surface area contributed by atoms with Gasteiger partial charge < -0.3 is 23.9 Å². The first kappa shape index (κ1) is 20.3. The minimum atomic E-state index is -0.583. The van der Waals surface area contributed by atoms with Crippen molar-refractivity contribution >= 4 is 11.6 Å². The molecule has 0 spiro atoms. The number of furan rings is 1. The van der Waals surface area contributed by atoms with Crippen molar-refractivity contribution in [3.05, 3.63) is 71.9 Å². The lowest BCUT2D eigenvalue weighted by Gasteiger charge is -2.18. The fraction of sp³-hybridized carbons (Fsp3) is 0.227. The van der Waals surface area contributed by atoms with Crippen molar-refractivity contribution in [3.63, 3.8) is 0 Å². The van der Waals surface area contributed by atoms with Gasteiger partial charge in [-0.25, -0.2) is 4.39 Å². The van der Waals surface area contributed by atoms with Crippen LogP contribution in [0.4, 0.5) is 10.1 Å². The number of amides is 1. The third-order valence-electron chi connectivity index (χ3n) is 4.51. The Hall–Kier alpha value is -3.48. The molecule has 0 saturated carbocycles. The molecule has 2 aromatic carbocycles. The molecule has 0 aliphatic carbocycles. The minimum absolute atomic E-state index is 0.276. The van der Waals surface area contributed by atoms with E-state index < -0.39 is 5.92 Å². The second-order valence-corrected chi connectivity index (χ2v) is 6.29. The Morgan fingerprint density at radius 2 is 1.69 bits per heavy atom. The van der Waals surface area contributed by atoms with E-state index in [1.165, 1.54) is 33.5 Å². The van der Waals surface area contributed by atoms with Crippen molar-refractivity contribution in [2.24, 2.45) is 0 Å². The van der Waals surface area contributed by atoms with E-state index in [1.54, 1.807) is 42.7 Å². The summed E-state index contributed by atoms with van der Waals surface area (Å²) in [5.41, 5.74) is 1.16. The maximum absolute atomic E-state index is 13.4. The number of rotatable bonds is 8. The summed E-state index contributed by atoms with van der Waals surface area (Å²) in [7, 11) is 4.51. The van der Waals surface area contributed by atoms with Crippen molar-refractivity contribution in [1.82, 2.24) is 0 Å². The van der Waals surface area contributed by atoms with Gasteiger partial charge in [0.05, 0.1) is 33.5 Å². The first-order chi connectivity index (χ1) is 14.0. The molecule has 0 aliphatic heterocycles. The maximum atomic E-state index is 13.4. The summed E-state index contributed by atoms with van der Waals surface area (Å²) >= 11 is 0. The molecular formula is C22H22FNO5. The zero-order chi connectivity index (χ0) is 20.8. The number of halogens is 1. The molecule has 3 aromatic rings. The van der Waals surface area contributed by atoms with E-state index in [9.17, 15) is 9.18 Å². The Balaban J connectivity index is 1.91. The number of methoxy groups -OCH3 is 3. The Kier molecular flexibility index (Phi) is 6.39. The van der Waals surface area contributed by atoms with Crippen LogP contribution >= 0.6 is 0 Å². The third-order valence-corrected chi connectivity index (χ3v) is 4.51. The third kappa shape index (κ3) is 4.68. The molecule has 152 valence electrons. The average molecular weight is 399 g/mol. The lowest BCUT2D eigenvalue weighted by atomic mass is 9.93. The summed E-state index contributed by atoms with van der Waals surface area (Å²) < 4.78 is 34.7. The average Bonchev–Trinajstić information content (AvgIpc) is 3.25. The number of ether oxygens (including phenoxy) is 3. The molecule has 0 bridgehead atoms. The molecule has 29 heavy (non-hydrogen) atoms. The Morgan fingerprint density at radius 3 is 2.21 bits per heavy atom. The first-order valence-electron chi connectivity index (χ1n) is 8.94. The highest BCUT2D eigenvalue weighted by atomic mass is 19.1. The van der Waals surface area contributed by atoms with Gasteiger partial charge in [0, 0.05) is 24.2 Å². The second-order valence-electron chi connectivity index (χ2n) is 6.29. The maximum Gasteiger partial charge on any atom is 0.232 e. The van der Waals surface area contributed by atoms with Crippen LogP contribution in [-0.4, -0.2) is 27.2 Å². The minimum Gasteiger partial charge on any atom is -0.493 e. The predicted octanol–water partition coefficient (Wildman–Crippen LogP) is 4.41.